The van der Waals surface area contributed by atoms with Gasteiger partial charge in [-0.15, -0.1) is 0 Å². The third-order valence-corrected chi connectivity index (χ3v) is 5.79. The molecule has 206 valence electrons. The van der Waals surface area contributed by atoms with E-state index in [1.54, 1.807) is 0 Å². The summed E-state index contributed by atoms with van der Waals surface area (Å²) in [6.45, 7) is 6.47. The molecule has 5 atom stereocenters. The van der Waals surface area contributed by atoms with E-state index in [0.29, 0.717) is 12.8 Å². The zero-order valence-corrected chi connectivity index (χ0v) is 22.3. The number of phosphoric acid groups is 1. The Labute approximate surface area is 207 Å². The van der Waals surface area contributed by atoms with Crippen LogP contribution in [-0.4, -0.2) is 83.3 Å². The molecule has 0 amide bonds. The van der Waals surface area contributed by atoms with Crippen molar-refractivity contribution in [1.29, 1.82) is 0 Å². The van der Waals surface area contributed by atoms with Gasteiger partial charge in [0.25, 0.3) is 6.47 Å². The zero-order valence-electron chi connectivity index (χ0n) is 21.4. The van der Waals surface area contributed by atoms with Crippen molar-refractivity contribution in [2.45, 2.75) is 64.8 Å². The molecule has 0 spiro atoms. The molecular weight excluding hydrogens is 487 g/mol. The SMILES string of the molecule is COCC(COP(=O)(OC)OCC(COC(=O)C(N)CC(C)C)OC(=O)C(N)CC(C)C)OC=O. The summed E-state index contributed by atoms with van der Waals surface area (Å²) in [5.41, 5.74) is 11.7. The minimum Gasteiger partial charge on any atom is -0.460 e. The predicted octanol–water partition coefficient (Wildman–Crippen LogP) is 1.16. The topological polar surface area (TPSA) is 185 Å². The average Bonchev–Trinajstić information content (AvgIpc) is 2.78. The third kappa shape index (κ3) is 15.2. The molecule has 35 heavy (non-hydrogen) atoms. The number of nitrogens with two attached hydrogens (primary N) is 2. The van der Waals surface area contributed by atoms with Crippen molar-refractivity contribution >= 4 is 26.2 Å². The van der Waals surface area contributed by atoms with E-state index in [2.05, 4.69) is 0 Å². The second-order valence-corrected chi connectivity index (χ2v) is 10.5. The Kier molecular flexibility index (Phi) is 17.0. The molecule has 5 unspecified atom stereocenters. The quantitative estimate of drug-likeness (QED) is 0.0993. The maximum atomic E-state index is 12.8. The lowest BCUT2D eigenvalue weighted by Gasteiger charge is -2.24. The van der Waals surface area contributed by atoms with Crippen molar-refractivity contribution in [2.24, 2.45) is 23.3 Å². The number of carbonyl (C=O) groups is 3. The van der Waals surface area contributed by atoms with Crippen LogP contribution in [0.2, 0.25) is 0 Å². The number of esters is 2. The van der Waals surface area contributed by atoms with E-state index < -0.39 is 57.3 Å². The summed E-state index contributed by atoms with van der Waals surface area (Å²) in [7, 11) is -1.71. The first-order valence-electron chi connectivity index (χ1n) is 11.3. The van der Waals surface area contributed by atoms with Gasteiger partial charge in [0.1, 0.15) is 24.8 Å². The molecule has 0 aromatic rings. The van der Waals surface area contributed by atoms with Gasteiger partial charge < -0.3 is 30.4 Å². The molecule has 13 nitrogen and oxygen atoms in total. The van der Waals surface area contributed by atoms with Crippen LogP contribution in [0.3, 0.4) is 0 Å². The maximum absolute atomic E-state index is 12.8. The first-order chi connectivity index (χ1) is 16.4. The van der Waals surface area contributed by atoms with E-state index in [1.165, 1.54) is 7.11 Å². The van der Waals surface area contributed by atoms with Crippen LogP contribution in [0.15, 0.2) is 0 Å². The minimum absolute atomic E-state index is 0.0248. The number of phosphoric ester groups is 1. The van der Waals surface area contributed by atoms with E-state index in [-0.39, 0.29) is 31.5 Å². The van der Waals surface area contributed by atoms with Crippen LogP contribution in [0.5, 0.6) is 0 Å². The maximum Gasteiger partial charge on any atom is 0.474 e. The Hall–Kier alpha value is -1.60. The Balaban J connectivity index is 5.23. The standard InChI is InChI=1S/C21H41N2O11P/c1-14(2)7-18(22)20(25)30-10-17(34-21(26)19(23)8-15(3)4)12-33-35(27,29-6)32-11-16(9-28-5)31-13-24/h13-19H,7-12,22-23H2,1-6H3. The fourth-order valence-corrected chi connectivity index (χ4v) is 3.72. The summed E-state index contributed by atoms with van der Waals surface area (Å²) < 4.78 is 48.2. The highest BCUT2D eigenvalue weighted by atomic mass is 31.2. The Morgan fingerprint density at radius 1 is 0.829 bits per heavy atom. The summed E-state index contributed by atoms with van der Waals surface area (Å²) in [5.74, 6) is -1.14. The summed E-state index contributed by atoms with van der Waals surface area (Å²) in [5, 5.41) is 0. The lowest BCUT2D eigenvalue weighted by Crippen LogP contribution is -2.40. The van der Waals surface area contributed by atoms with Crippen LogP contribution in [-0.2, 0) is 51.5 Å². The number of hydrogen-bond acceptors (Lipinski definition) is 13. The van der Waals surface area contributed by atoms with E-state index in [1.807, 2.05) is 27.7 Å². The van der Waals surface area contributed by atoms with Crippen molar-refractivity contribution in [2.75, 3.05) is 40.6 Å². The first kappa shape index (κ1) is 33.4. The molecule has 0 aliphatic carbocycles. The third-order valence-electron chi connectivity index (χ3n) is 4.41. The van der Waals surface area contributed by atoms with Gasteiger partial charge in [0.15, 0.2) is 6.10 Å². The largest absolute Gasteiger partial charge is 0.474 e. The molecule has 0 saturated carbocycles. The molecule has 0 bridgehead atoms. The highest BCUT2D eigenvalue weighted by Crippen LogP contribution is 2.48. The van der Waals surface area contributed by atoms with Gasteiger partial charge in [0.05, 0.1) is 19.8 Å². The molecule has 0 aliphatic heterocycles. The van der Waals surface area contributed by atoms with Gasteiger partial charge in [0.2, 0.25) is 0 Å². The van der Waals surface area contributed by atoms with Crippen molar-refractivity contribution in [1.82, 2.24) is 0 Å². The summed E-state index contributed by atoms with van der Waals surface area (Å²) in [4.78, 5) is 35.2. The molecular formula is C21H41N2O11P. The predicted molar refractivity (Wildman–Crippen MR) is 125 cm³/mol. The Morgan fingerprint density at radius 3 is 1.80 bits per heavy atom. The van der Waals surface area contributed by atoms with Gasteiger partial charge in [-0.05, 0) is 24.7 Å². The summed E-state index contributed by atoms with van der Waals surface area (Å²) >= 11 is 0. The van der Waals surface area contributed by atoms with Crippen LogP contribution in [0, 0.1) is 11.8 Å². The monoisotopic (exact) mass is 528 g/mol. The molecule has 0 fully saturated rings. The average molecular weight is 529 g/mol. The van der Waals surface area contributed by atoms with Gasteiger partial charge >= 0.3 is 19.8 Å². The number of ether oxygens (including phenoxy) is 4. The van der Waals surface area contributed by atoms with Crippen molar-refractivity contribution in [3.8, 4) is 0 Å². The van der Waals surface area contributed by atoms with Crippen LogP contribution in [0.1, 0.15) is 40.5 Å². The van der Waals surface area contributed by atoms with Crippen molar-refractivity contribution in [3.63, 3.8) is 0 Å². The van der Waals surface area contributed by atoms with Gasteiger partial charge in [-0.2, -0.15) is 0 Å². The van der Waals surface area contributed by atoms with Gasteiger partial charge in [0, 0.05) is 14.2 Å². The molecule has 4 N–H and O–H groups in total. The minimum atomic E-state index is -4.17. The molecule has 14 heteroatoms. The normalized spacial score (nSPS) is 16.7. The van der Waals surface area contributed by atoms with Crippen molar-refractivity contribution in [3.05, 3.63) is 0 Å². The second kappa shape index (κ2) is 17.8. The van der Waals surface area contributed by atoms with Crippen LogP contribution in [0.25, 0.3) is 0 Å². The van der Waals surface area contributed by atoms with Gasteiger partial charge in [-0.1, -0.05) is 27.7 Å². The molecule has 0 saturated heterocycles. The van der Waals surface area contributed by atoms with E-state index in [9.17, 15) is 18.9 Å². The lowest BCUT2D eigenvalue weighted by atomic mass is 10.0. The van der Waals surface area contributed by atoms with Gasteiger partial charge in [-0.3, -0.25) is 28.0 Å². The van der Waals surface area contributed by atoms with E-state index in [0.717, 1.165) is 7.11 Å². The smallest absolute Gasteiger partial charge is 0.460 e. The zero-order chi connectivity index (χ0) is 27.0. The highest BCUT2D eigenvalue weighted by Gasteiger charge is 2.31. The van der Waals surface area contributed by atoms with Crippen LogP contribution >= 0.6 is 7.82 Å². The number of hydrogen-bond donors (Lipinski definition) is 2. The van der Waals surface area contributed by atoms with Crippen LogP contribution in [0.4, 0.5) is 0 Å². The fourth-order valence-electron chi connectivity index (χ4n) is 2.74. The van der Waals surface area contributed by atoms with E-state index >= 15 is 0 Å². The molecule has 0 aliphatic rings. The molecule has 0 aromatic heterocycles. The number of rotatable bonds is 20. The highest BCUT2D eigenvalue weighted by molar-refractivity contribution is 7.48. The summed E-state index contributed by atoms with van der Waals surface area (Å²) in [6.07, 6.45) is -1.28. The van der Waals surface area contributed by atoms with Crippen molar-refractivity contribution < 1.29 is 51.5 Å². The lowest BCUT2D eigenvalue weighted by molar-refractivity contribution is -0.163. The van der Waals surface area contributed by atoms with Gasteiger partial charge in [-0.25, -0.2) is 4.57 Å². The number of methoxy groups -OCH3 is 1. The molecule has 0 aromatic carbocycles. The molecule has 0 radical (unpaired) electrons. The second-order valence-electron chi connectivity index (χ2n) is 8.69. The molecule has 0 heterocycles. The fraction of sp³-hybridized carbons (Fsp3) is 0.857. The summed E-state index contributed by atoms with van der Waals surface area (Å²) in [6, 6.07) is -1.78. The number of carbonyl (C=O) groups excluding carboxylic acids is 3. The van der Waals surface area contributed by atoms with Crippen LogP contribution < -0.4 is 11.5 Å². The first-order valence-corrected chi connectivity index (χ1v) is 12.7. The molecule has 0 rings (SSSR count). The Morgan fingerprint density at radius 2 is 1.34 bits per heavy atom. The van der Waals surface area contributed by atoms with E-state index in [4.69, 9.17) is 44.0 Å². The Bertz CT molecular complexity index is 678.